The molecule has 0 radical (unpaired) electrons. The van der Waals surface area contributed by atoms with E-state index in [0.29, 0.717) is 30.9 Å². The number of rotatable bonds is 11. The topological polar surface area (TPSA) is 117 Å². The highest BCUT2D eigenvalue weighted by Gasteiger charge is 2.35. The number of anilines is 2. The van der Waals surface area contributed by atoms with E-state index in [1.807, 2.05) is 73.7 Å². The summed E-state index contributed by atoms with van der Waals surface area (Å²) in [4.78, 5) is 35.8. The Balaban J connectivity index is 1.23. The van der Waals surface area contributed by atoms with Crippen molar-refractivity contribution in [2.24, 2.45) is 0 Å². The molecule has 60 heavy (non-hydrogen) atoms. The number of thiophene rings is 1. The third kappa shape index (κ3) is 8.44. The van der Waals surface area contributed by atoms with E-state index in [4.69, 9.17) is 30.8 Å². The zero-order chi connectivity index (χ0) is 42.9. The van der Waals surface area contributed by atoms with Crippen LogP contribution in [-0.2, 0) is 24.2 Å². The summed E-state index contributed by atoms with van der Waals surface area (Å²) in [5.41, 5.74) is 2.57. The Labute approximate surface area is 355 Å². The lowest BCUT2D eigenvalue weighted by atomic mass is 9.90. The summed E-state index contributed by atoms with van der Waals surface area (Å²) in [6.07, 6.45) is 1.18. The maximum absolute atomic E-state index is 16.5. The zero-order valence-corrected chi connectivity index (χ0v) is 35.4. The molecule has 1 unspecified atom stereocenters. The number of pyridine rings is 1. The summed E-state index contributed by atoms with van der Waals surface area (Å²) in [5, 5.41) is 12.9. The molecule has 308 valence electrons. The molecule has 7 rings (SSSR count). The number of nitriles is 1. The highest BCUT2D eigenvalue weighted by atomic mass is 35.5. The molecule has 2 amide bonds. The molecule has 1 aliphatic heterocycles. The minimum atomic E-state index is -0.830. The molecule has 1 N–H and O–H groups in total. The molecule has 0 bridgehead atoms. The highest BCUT2D eigenvalue weighted by molar-refractivity contribution is 7.23. The normalized spacial score (nSPS) is 13.1. The average molecular weight is 850 g/mol. The van der Waals surface area contributed by atoms with Crippen LogP contribution in [0, 0.1) is 23.0 Å². The third-order valence-corrected chi connectivity index (χ3v) is 11.8. The lowest BCUT2D eigenvalue weighted by Gasteiger charge is -2.36. The van der Waals surface area contributed by atoms with Gasteiger partial charge in [-0.3, -0.25) is 10.1 Å². The first-order valence-corrected chi connectivity index (χ1v) is 20.3. The van der Waals surface area contributed by atoms with E-state index in [-0.39, 0.29) is 48.9 Å². The first-order valence-electron chi connectivity index (χ1n) is 19.1. The Morgan fingerprint density at radius 3 is 2.20 bits per heavy atom. The minimum absolute atomic E-state index is 0.0115. The molecule has 6 aromatic rings. The Morgan fingerprint density at radius 1 is 0.983 bits per heavy atom. The van der Waals surface area contributed by atoms with Gasteiger partial charge >= 0.3 is 6.09 Å². The smallest absolute Gasteiger partial charge is 0.412 e. The van der Waals surface area contributed by atoms with E-state index in [1.54, 1.807) is 46.1 Å². The second kappa shape index (κ2) is 17.2. The van der Waals surface area contributed by atoms with E-state index in [9.17, 15) is 14.9 Å². The van der Waals surface area contributed by atoms with Gasteiger partial charge in [-0.15, -0.1) is 11.3 Å². The van der Waals surface area contributed by atoms with Gasteiger partial charge in [-0.25, -0.2) is 18.6 Å². The standard InChI is InChI=1S/C46H42ClF2N5O5S/c1-26(31-8-7-20-51-42(31)53(24-27-9-13-29(57-5)14-10-27)25-28-11-15-30(58-6)16-12-28)54-21-19-32-34(44(54)55)22-37(49)39(40(32)47)33-17-18-36(48)41-38(33)35(23-50)43(60-41)52-45(56)59-46(2,3)4/h7-18,20,22,26H,19,21,24-25H2,1-6H3,(H,52,56). The van der Waals surface area contributed by atoms with Crippen LogP contribution in [-0.4, -0.2) is 48.2 Å². The Morgan fingerprint density at radius 2 is 1.62 bits per heavy atom. The second-order valence-corrected chi connectivity index (χ2v) is 16.7. The van der Waals surface area contributed by atoms with E-state index in [1.165, 1.54) is 6.07 Å². The maximum atomic E-state index is 16.5. The summed E-state index contributed by atoms with van der Waals surface area (Å²) in [7, 11) is 3.24. The number of halogens is 3. The van der Waals surface area contributed by atoms with Gasteiger partial charge < -0.3 is 24.0 Å². The average Bonchev–Trinajstić information content (AvgIpc) is 3.60. The summed E-state index contributed by atoms with van der Waals surface area (Å²) in [6.45, 7) is 8.24. The molecular weight excluding hydrogens is 808 g/mol. The van der Waals surface area contributed by atoms with Crippen molar-refractivity contribution in [3.63, 3.8) is 0 Å². The number of carbonyl (C=O) groups is 2. The van der Waals surface area contributed by atoms with Crippen LogP contribution in [0.25, 0.3) is 21.2 Å². The number of hydrogen-bond donors (Lipinski definition) is 1. The number of ether oxygens (including phenoxy) is 3. The molecule has 3 heterocycles. The fourth-order valence-corrected chi connectivity index (χ4v) is 8.90. The number of aromatic nitrogens is 1. The number of fused-ring (bicyclic) bond motifs is 2. The molecule has 0 spiro atoms. The van der Waals surface area contributed by atoms with Gasteiger partial charge in [0.15, 0.2) is 0 Å². The summed E-state index contributed by atoms with van der Waals surface area (Å²) in [5.74, 6) is 0.267. The van der Waals surface area contributed by atoms with E-state index in [2.05, 4.69) is 10.2 Å². The van der Waals surface area contributed by atoms with Crippen LogP contribution in [0.2, 0.25) is 5.02 Å². The number of carbonyl (C=O) groups excluding carboxylic acids is 2. The Hall–Kier alpha value is -6.23. The fraction of sp³-hybridized carbons (Fsp3) is 0.261. The predicted molar refractivity (Wildman–Crippen MR) is 230 cm³/mol. The fourth-order valence-electron chi connectivity index (χ4n) is 7.45. The van der Waals surface area contributed by atoms with Crippen molar-refractivity contribution in [2.45, 2.75) is 58.8 Å². The number of nitrogens with one attached hydrogen (secondary N) is 1. The van der Waals surface area contributed by atoms with Crippen molar-refractivity contribution in [1.29, 1.82) is 5.26 Å². The molecular formula is C46H42ClF2N5O5S. The molecule has 10 nitrogen and oxygen atoms in total. The number of amides is 2. The van der Waals surface area contributed by atoms with Crippen molar-refractivity contribution >= 4 is 55.8 Å². The molecule has 2 aromatic heterocycles. The van der Waals surface area contributed by atoms with Crippen molar-refractivity contribution < 1.29 is 32.6 Å². The zero-order valence-electron chi connectivity index (χ0n) is 33.9. The summed E-state index contributed by atoms with van der Waals surface area (Å²) < 4.78 is 48.0. The molecule has 14 heteroatoms. The lowest BCUT2D eigenvalue weighted by Crippen LogP contribution is -2.40. The van der Waals surface area contributed by atoms with Crippen LogP contribution in [0.5, 0.6) is 11.5 Å². The quantitative estimate of drug-likeness (QED) is 0.137. The lowest BCUT2D eigenvalue weighted by molar-refractivity contribution is 0.0634. The van der Waals surface area contributed by atoms with Crippen molar-refractivity contribution in [3.05, 3.63) is 135 Å². The van der Waals surface area contributed by atoms with E-state index in [0.717, 1.165) is 51.7 Å². The van der Waals surface area contributed by atoms with Crippen molar-refractivity contribution in [2.75, 3.05) is 31.0 Å². The van der Waals surface area contributed by atoms with Crippen LogP contribution in [0.15, 0.2) is 85.1 Å². The van der Waals surface area contributed by atoms with Gasteiger partial charge in [0.05, 0.1) is 35.5 Å². The molecule has 0 fully saturated rings. The first-order chi connectivity index (χ1) is 28.7. The summed E-state index contributed by atoms with van der Waals surface area (Å²) >= 11 is 7.86. The van der Waals surface area contributed by atoms with Crippen LogP contribution in [0.3, 0.4) is 0 Å². The predicted octanol–water partition coefficient (Wildman–Crippen LogP) is 11.1. The van der Waals surface area contributed by atoms with Gasteiger partial charge in [0.2, 0.25) is 0 Å². The van der Waals surface area contributed by atoms with Gasteiger partial charge in [-0.05, 0) is 98.8 Å². The van der Waals surface area contributed by atoms with Crippen molar-refractivity contribution in [1.82, 2.24) is 9.88 Å². The van der Waals surface area contributed by atoms with Gasteiger partial charge in [0.1, 0.15) is 45.6 Å². The molecule has 1 atom stereocenters. The minimum Gasteiger partial charge on any atom is -0.497 e. The van der Waals surface area contributed by atoms with Gasteiger partial charge in [-0.1, -0.05) is 48.0 Å². The van der Waals surface area contributed by atoms with Crippen LogP contribution >= 0.6 is 22.9 Å². The second-order valence-electron chi connectivity index (χ2n) is 15.3. The van der Waals surface area contributed by atoms with Crippen LogP contribution < -0.4 is 19.7 Å². The number of hydrogen-bond acceptors (Lipinski definition) is 9. The SMILES string of the molecule is COc1ccc(CN(Cc2ccc(OC)cc2)c2ncccc2C(C)N2CCc3c(cc(F)c(-c4ccc(F)c5sc(NC(=O)OC(C)(C)C)c(C#N)c45)c3Cl)C2=O)cc1. The van der Waals surface area contributed by atoms with Crippen LogP contribution in [0.1, 0.15) is 71.9 Å². The molecule has 0 aliphatic carbocycles. The van der Waals surface area contributed by atoms with Gasteiger partial charge in [0.25, 0.3) is 5.91 Å². The molecule has 0 saturated carbocycles. The third-order valence-electron chi connectivity index (χ3n) is 10.3. The van der Waals surface area contributed by atoms with Gasteiger partial charge in [0, 0.05) is 47.9 Å². The van der Waals surface area contributed by atoms with Crippen molar-refractivity contribution in [3.8, 4) is 28.7 Å². The maximum Gasteiger partial charge on any atom is 0.412 e. The van der Waals surface area contributed by atoms with E-state index >= 15 is 8.78 Å². The monoisotopic (exact) mass is 849 g/mol. The summed E-state index contributed by atoms with van der Waals surface area (Å²) in [6, 6.07) is 24.6. The van der Waals surface area contributed by atoms with Crippen LogP contribution in [0.4, 0.5) is 24.4 Å². The number of benzene rings is 4. The number of nitrogens with zero attached hydrogens (tertiary/aromatic N) is 4. The largest absolute Gasteiger partial charge is 0.497 e. The molecule has 0 saturated heterocycles. The first kappa shape index (κ1) is 41.9. The Kier molecular flexibility index (Phi) is 12.0. The van der Waals surface area contributed by atoms with Gasteiger partial charge in [-0.2, -0.15) is 5.26 Å². The number of methoxy groups -OCH3 is 2. The van der Waals surface area contributed by atoms with E-state index < -0.39 is 35.3 Å². The molecule has 4 aromatic carbocycles. The molecule has 1 aliphatic rings. The Bertz CT molecular complexity index is 2590. The highest BCUT2D eigenvalue weighted by Crippen LogP contribution is 2.47.